The second-order valence-corrected chi connectivity index (χ2v) is 9.12. The lowest BCUT2D eigenvalue weighted by molar-refractivity contribution is -0.230. The normalized spacial score (nSPS) is 26.2. The molecule has 5 heteroatoms. The van der Waals surface area contributed by atoms with E-state index in [4.69, 9.17) is 14.2 Å². The lowest BCUT2D eigenvalue weighted by Gasteiger charge is -2.37. The number of carbonyl (C=O) groups is 1. The zero-order chi connectivity index (χ0) is 22.1. The summed E-state index contributed by atoms with van der Waals surface area (Å²) < 4.78 is 17.7. The highest BCUT2D eigenvalue weighted by Gasteiger charge is 2.35. The SMILES string of the molecule is CCCCCC1COC(C2CCC(C(=O)Oc3ccc(CCC)cc3C#N)CC2)OC1. The molecule has 0 radical (unpaired) electrons. The van der Waals surface area contributed by atoms with Crippen LogP contribution in [-0.4, -0.2) is 25.5 Å². The number of aryl methyl sites for hydroxylation is 1. The van der Waals surface area contributed by atoms with Gasteiger partial charge in [0.2, 0.25) is 0 Å². The first kappa shape index (κ1) is 23.8. The van der Waals surface area contributed by atoms with Crippen molar-refractivity contribution in [3.8, 4) is 11.8 Å². The number of unbranched alkanes of at least 4 members (excludes halogenated alkanes) is 2. The lowest BCUT2D eigenvalue weighted by Crippen LogP contribution is -2.39. The number of hydrogen-bond acceptors (Lipinski definition) is 5. The number of rotatable bonds is 9. The van der Waals surface area contributed by atoms with Crippen molar-refractivity contribution in [3.05, 3.63) is 29.3 Å². The Bertz CT molecular complexity index is 740. The van der Waals surface area contributed by atoms with Gasteiger partial charge in [0, 0.05) is 11.8 Å². The second-order valence-electron chi connectivity index (χ2n) is 9.12. The first-order valence-corrected chi connectivity index (χ1v) is 12.1. The number of carbonyl (C=O) groups excluding carboxylic acids is 1. The Morgan fingerprint density at radius 2 is 1.84 bits per heavy atom. The number of ether oxygens (including phenoxy) is 3. The summed E-state index contributed by atoms with van der Waals surface area (Å²) in [5.74, 6) is 0.904. The summed E-state index contributed by atoms with van der Waals surface area (Å²) in [5, 5.41) is 9.42. The van der Waals surface area contributed by atoms with E-state index >= 15 is 0 Å². The van der Waals surface area contributed by atoms with Gasteiger partial charge in [0.25, 0.3) is 0 Å². The number of esters is 1. The molecule has 2 fully saturated rings. The van der Waals surface area contributed by atoms with Gasteiger partial charge in [0.05, 0.1) is 24.7 Å². The van der Waals surface area contributed by atoms with Crippen molar-refractivity contribution in [3.63, 3.8) is 0 Å². The fourth-order valence-electron chi connectivity index (χ4n) is 4.70. The Balaban J connectivity index is 1.44. The molecule has 1 saturated carbocycles. The highest BCUT2D eigenvalue weighted by atomic mass is 16.7. The van der Waals surface area contributed by atoms with Gasteiger partial charge in [-0.1, -0.05) is 45.6 Å². The van der Waals surface area contributed by atoms with Crippen LogP contribution in [-0.2, 0) is 20.7 Å². The molecule has 0 atom stereocenters. The quantitative estimate of drug-likeness (QED) is 0.283. The maximum Gasteiger partial charge on any atom is 0.314 e. The summed E-state index contributed by atoms with van der Waals surface area (Å²) in [6, 6.07) is 7.69. The van der Waals surface area contributed by atoms with E-state index in [1.54, 1.807) is 6.07 Å². The molecule has 3 rings (SSSR count). The molecule has 1 aliphatic heterocycles. The van der Waals surface area contributed by atoms with Crippen molar-refractivity contribution in [2.75, 3.05) is 13.2 Å². The summed E-state index contributed by atoms with van der Waals surface area (Å²) >= 11 is 0. The van der Waals surface area contributed by atoms with Gasteiger partial charge in [-0.2, -0.15) is 5.26 Å². The summed E-state index contributed by atoms with van der Waals surface area (Å²) in [6.45, 7) is 5.91. The Morgan fingerprint density at radius 1 is 1.10 bits per heavy atom. The standard InChI is InChI=1S/C26H37NO4/c1-3-5-6-8-20-17-29-26(30-18-20)22-12-10-21(11-13-22)25(28)31-24-14-9-19(7-4-2)15-23(24)16-27/h9,14-15,20-22,26H,3-8,10-13,17-18H2,1-2H3. The molecule has 1 aliphatic carbocycles. The minimum atomic E-state index is -0.223. The first-order chi connectivity index (χ1) is 15.1. The third kappa shape index (κ3) is 6.79. The average Bonchev–Trinajstić information content (AvgIpc) is 2.81. The minimum absolute atomic E-state index is 0.122. The molecule has 1 aromatic rings. The Hall–Kier alpha value is -1.90. The first-order valence-electron chi connectivity index (χ1n) is 12.1. The van der Waals surface area contributed by atoms with Crippen LogP contribution in [0.15, 0.2) is 18.2 Å². The number of benzene rings is 1. The fourth-order valence-corrected chi connectivity index (χ4v) is 4.70. The highest BCUT2D eigenvalue weighted by molar-refractivity contribution is 5.76. The predicted octanol–water partition coefficient (Wildman–Crippen LogP) is 5.79. The molecule has 0 N–H and O–H groups in total. The smallest absolute Gasteiger partial charge is 0.314 e. The van der Waals surface area contributed by atoms with E-state index < -0.39 is 0 Å². The maximum atomic E-state index is 12.7. The van der Waals surface area contributed by atoms with Crippen molar-refractivity contribution < 1.29 is 19.0 Å². The van der Waals surface area contributed by atoms with Crippen molar-refractivity contribution >= 4 is 5.97 Å². The monoisotopic (exact) mass is 427 g/mol. The van der Waals surface area contributed by atoms with E-state index in [2.05, 4.69) is 19.9 Å². The molecule has 1 heterocycles. The van der Waals surface area contributed by atoms with Crippen molar-refractivity contribution in [1.82, 2.24) is 0 Å². The lowest BCUT2D eigenvalue weighted by atomic mass is 9.81. The largest absolute Gasteiger partial charge is 0.425 e. The van der Waals surface area contributed by atoms with Crippen LogP contribution in [0.25, 0.3) is 0 Å². The molecule has 0 bridgehead atoms. The van der Waals surface area contributed by atoms with E-state index in [1.165, 1.54) is 25.7 Å². The summed E-state index contributed by atoms with van der Waals surface area (Å²) in [6.07, 6.45) is 10.1. The van der Waals surface area contributed by atoms with E-state index in [0.29, 0.717) is 23.1 Å². The molecule has 2 aliphatic rings. The zero-order valence-corrected chi connectivity index (χ0v) is 19.1. The molecule has 0 spiro atoms. The molecule has 5 nitrogen and oxygen atoms in total. The third-order valence-electron chi connectivity index (χ3n) is 6.61. The van der Waals surface area contributed by atoms with E-state index in [0.717, 1.165) is 57.3 Å². The summed E-state index contributed by atoms with van der Waals surface area (Å²) in [5.41, 5.74) is 1.53. The van der Waals surface area contributed by atoms with Crippen LogP contribution in [0.3, 0.4) is 0 Å². The highest BCUT2D eigenvalue weighted by Crippen LogP contribution is 2.35. The fraction of sp³-hybridized carbons (Fsp3) is 0.692. The van der Waals surface area contributed by atoms with Crippen molar-refractivity contribution in [2.45, 2.75) is 84.3 Å². The molecule has 170 valence electrons. The maximum absolute atomic E-state index is 12.7. The average molecular weight is 428 g/mol. The van der Waals surface area contributed by atoms with Crippen molar-refractivity contribution in [1.29, 1.82) is 5.26 Å². The van der Waals surface area contributed by atoms with Gasteiger partial charge in [0.15, 0.2) is 6.29 Å². The van der Waals surface area contributed by atoms with E-state index in [-0.39, 0.29) is 18.2 Å². The number of nitriles is 1. The molecular formula is C26H37NO4. The van der Waals surface area contributed by atoms with Crippen LogP contribution >= 0.6 is 0 Å². The second kappa shape index (κ2) is 12.2. The van der Waals surface area contributed by atoms with E-state index in [1.807, 2.05) is 12.1 Å². The Labute approximate surface area is 187 Å². The van der Waals surface area contributed by atoms with Gasteiger partial charge < -0.3 is 14.2 Å². The number of nitrogens with zero attached hydrogens (tertiary/aromatic N) is 1. The molecule has 1 saturated heterocycles. The Morgan fingerprint density at radius 3 is 2.48 bits per heavy atom. The predicted molar refractivity (Wildman–Crippen MR) is 120 cm³/mol. The van der Waals surface area contributed by atoms with Crippen LogP contribution in [0.2, 0.25) is 0 Å². The zero-order valence-electron chi connectivity index (χ0n) is 19.1. The third-order valence-corrected chi connectivity index (χ3v) is 6.61. The van der Waals surface area contributed by atoms with Crippen LogP contribution in [0.5, 0.6) is 5.75 Å². The molecule has 31 heavy (non-hydrogen) atoms. The molecular weight excluding hydrogens is 390 g/mol. The molecule has 0 amide bonds. The van der Waals surface area contributed by atoms with Gasteiger partial charge in [-0.05, 0) is 56.2 Å². The van der Waals surface area contributed by atoms with E-state index in [9.17, 15) is 10.1 Å². The van der Waals surface area contributed by atoms with Crippen LogP contribution in [0.4, 0.5) is 0 Å². The topological polar surface area (TPSA) is 68.5 Å². The van der Waals surface area contributed by atoms with Crippen molar-refractivity contribution in [2.24, 2.45) is 17.8 Å². The minimum Gasteiger partial charge on any atom is -0.425 e. The molecule has 0 aromatic heterocycles. The summed E-state index contributed by atoms with van der Waals surface area (Å²) in [7, 11) is 0. The van der Waals surface area contributed by atoms with Crippen LogP contribution < -0.4 is 4.74 Å². The summed E-state index contributed by atoms with van der Waals surface area (Å²) in [4.78, 5) is 12.7. The van der Waals surface area contributed by atoms with Gasteiger partial charge in [-0.25, -0.2) is 0 Å². The molecule has 1 aromatic carbocycles. The van der Waals surface area contributed by atoms with Gasteiger partial charge in [0.1, 0.15) is 11.8 Å². The Kier molecular flexibility index (Phi) is 9.36. The van der Waals surface area contributed by atoms with Gasteiger partial charge >= 0.3 is 5.97 Å². The molecule has 0 unspecified atom stereocenters. The van der Waals surface area contributed by atoms with Crippen LogP contribution in [0.1, 0.15) is 82.8 Å². The van der Waals surface area contributed by atoms with Gasteiger partial charge in [-0.15, -0.1) is 0 Å². The van der Waals surface area contributed by atoms with Crippen LogP contribution in [0, 0.1) is 29.1 Å². The number of hydrogen-bond donors (Lipinski definition) is 0. The van der Waals surface area contributed by atoms with Gasteiger partial charge in [-0.3, -0.25) is 4.79 Å².